The molecular weight excluding hydrogens is 316 g/mol. The van der Waals surface area contributed by atoms with Gasteiger partial charge >= 0.3 is 0 Å². The van der Waals surface area contributed by atoms with Gasteiger partial charge in [-0.3, -0.25) is 4.79 Å². The molecular formula is C15H12Cl2FNO2. The number of para-hydroxylation sites is 1. The van der Waals surface area contributed by atoms with E-state index in [1.807, 2.05) is 0 Å². The van der Waals surface area contributed by atoms with Gasteiger partial charge in [-0.15, -0.1) is 0 Å². The maximum absolute atomic E-state index is 13.5. The third-order valence-corrected chi connectivity index (χ3v) is 3.09. The third-order valence-electron chi connectivity index (χ3n) is 2.65. The summed E-state index contributed by atoms with van der Waals surface area (Å²) >= 11 is 11.7. The van der Waals surface area contributed by atoms with Gasteiger partial charge in [0.2, 0.25) is 0 Å². The molecule has 0 fully saturated rings. The lowest BCUT2D eigenvalue weighted by Gasteiger charge is -2.15. The Labute approximate surface area is 131 Å². The normalized spacial score (nSPS) is 11.8. The van der Waals surface area contributed by atoms with Gasteiger partial charge < -0.3 is 10.1 Å². The van der Waals surface area contributed by atoms with E-state index in [2.05, 4.69) is 5.32 Å². The van der Waals surface area contributed by atoms with Crippen LogP contribution in [0.15, 0.2) is 42.5 Å². The highest BCUT2D eigenvalue weighted by Gasteiger charge is 2.16. The van der Waals surface area contributed by atoms with E-state index in [0.29, 0.717) is 15.8 Å². The summed E-state index contributed by atoms with van der Waals surface area (Å²) in [6.45, 7) is 1.55. The summed E-state index contributed by atoms with van der Waals surface area (Å²) < 4.78 is 18.9. The molecule has 6 heteroatoms. The molecule has 1 amide bonds. The van der Waals surface area contributed by atoms with Crippen LogP contribution >= 0.6 is 23.2 Å². The minimum Gasteiger partial charge on any atom is -0.481 e. The second-order valence-electron chi connectivity index (χ2n) is 4.33. The fourth-order valence-corrected chi connectivity index (χ4v) is 2.16. The first-order chi connectivity index (χ1) is 9.95. The Hall–Kier alpha value is -1.78. The molecule has 1 atom stereocenters. The van der Waals surface area contributed by atoms with Crippen LogP contribution in [-0.2, 0) is 4.79 Å². The quantitative estimate of drug-likeness (QED) is 0.895. The molecule has 0 saturated heterocycles. The van der Waals surface area contributed by atoms with Crippen LogP contribution in [0.2, 0.25) is 10.0 Å². The van der Waals surface area contributed by atoms with Crippen molar-refractivity contribution in [3.63, 3.8) is 0 Å². The summed E-state index contributed by atoms with van der Waals surface area (Å²) in [6.07, 6.45) is -0.834. The topological polar surface area (TPSA) is 38.3 Å². The lowest BCUT2D eigenvalue weighted by molar-refractivity contribution is -0.122. The fourth-order valence-electron chi connectivity index (χ4n) is 1.65. The predicted molar refractivity (Wildman–Crippen MR) is 81.6 cm³/mol. The summed E-state index contributed by atoms with van der Waals surface area (Å²) in [5, 5.41) is 3.26. The molecule has 110 valence electrons. The molecule has 2 aromatic carbocycles. The molecule has 0 bridgehead atoms. The Balaban J connectivity index is 2.04. The molecule has 21 heavy (non-hydrogen) atoms. The molecule has 0 unspecified atom stereocenters. The predicted octanol–water partition coefficient (Wildman–Crippen LogP) is 4.54. The molecule has 0 heterocycles. The van der Waals surface area contributed by atoms with Crippen molar-refractivity contribution < 1.29 is 13.9 Å². The van der Waals surface area contributed by atoms with Crippen molar-refractivity contribution in [3.05, 3.63) is 58.3 Å². The molecule has 0 aliphatic heterocycles. The second-order valence-corrected chi connectivity index (χ2v) is 5.21. The molecule has 0 aliphatic carbocycles. The maximum atomic E-state index is 13.5. The Bertz CT molecular complexity index is 644. The highest BCUT2D eigenvalue weighted by molar-refractivity contribution is 6.34. The Morgan fingerprint density at radius 1 is 1.19 bits per heavy atom. The van der Waals surface area contributed by atoms with E-state index in [1.54, 1.807) is 37.3 Å². The van der Waals surface area contributed by atoms with E-state index in [9.17, 15) is 9.18 Å². The van der Waals surface area contributed by atoms with Gasteiger partial charge in [0.1, 0.15) is 11.6 Å². The number of nitrogens with one attached hydrogen (secondary N) is 1. The average Bonchev–Trinajstić information content (AvgIpc) is 2.40. The highest BCUT2D eigenvalue weighted by Crippen LogP contribution is 2.25. The zero-order chi connectivity index (χ0) is 15.4. The smallest absolute Gasteiger partial charge is 0.265 e. The lowest BCUT2D eigenvalue weighted by Crippen LogP contribution is -2.30. The van der Waals surface area contributed by atoms with Gasteiger partial charge in [-0.2, -0.15) is 0 Å². The summed E-state index contributed by atoms with van der Waals surface area (Å²) in [5.41, 5.74) is 0.0991. The summed E-state index contributed by atoms with van der Waals surface area (Å²) in [5.74, 6) is -0.622. The maximum Gasteiger partial charge on any atom is 0.265 e. The lowest BCUT2D eigenvalue weighted by atomic mass is 10.3. The van der Waals surface area contributed by atoms with E-state index in [4.69, 9.17) is 27.9 Å². The van der Waals surface area contributed by atoms with Gasteiger partial charge in [0, 0.05) is 10.0 Å². The largest absolute Gasteiger partial charge is 0.481 e. The van der Waals surface area contributed by atoms with Crippen molar-refractivity contribution in [1.82, 2.24) is 0 Å². The molecule has 1 N–H and O–H groups in total. The molecule has 2 aromatic rings. The Kier molecular flexibility index (Phi) is 5.04. The number of hydrogen-bond donors (Lipinski definition) is 1. The van der Waals surface area contributed by atoms with Crippen molar-refractivity contribution in [2.75, 3.05) is 5.32 Å². The average molecular weight is 328 g/mol. The summed E-state index contributed by atoms with van der Waals surface area (Å²) in [6, 6.07) is 10.5. The van der Waals surface area contributed by atoms with Crippen LogP contribution in [0, 0.1) is 5.82 Å². The zero-order valence-electron chi connectivity index (χ0n) is 11.1. The van der Waals surface area contributed by atoms with Gasteiger partial charge in [0.25, 0.3) is 5.91 Å². The number of carbonyl (C=O) groups excluding carboxylic acids is 1. The number of hydrogen-bond acceptors (Lipinski definition) is 2. The van der Waals surface area contributed by atoms with E-state index in [0.717, 1.165) is 0 Å². The number of ether oxygens (including phenoxy) is 1. The molecule has 0 radical (unpaired) electrons. The molecule has 0 spiro atoms. The van der Waals surface area contributed by atoms with Crippen LogP contribution in [-0.4, -0.2) is 12.0 Å². The van der Waals surface area contributed by atoms with Crippen molar-refractivity contribution in [1.29, 1.82) is 0 Å². The third kappa shape index (κ3) is 4.34. The molecule has 2 rings (SSSR count). The van der Waals surface area contributed by atoms with Crippen LogP contribution in [0.25, 0.3) is 0 Å². The van der Waals surface area contributed by atoms with Crippen molar-refractivity contribution >= 4 is 34.8 Å². The van der Waals surface area contributed by atoms with E-state index in [-0.39, 0.29) is 5.69 Å². The monoisotopic (exact) mass is 327 g/mol. The number of anilines is 1. The van der Waals surface area contributed by atoms with Crippen molar-refractivity contribution in [3.8, 4) is 5.75 Å². The molecule has 3 nitrogen and oxygen atoms in total. The molecule has 0 aliphatic rings. The minimum atomic E-state index is -0.834. The van der Waals surface area contributed by atoms with Crippen LogP contribution in [0.5, 0.6) is 5.75 Å². The van der Waals surface area contributed by atoms with Gasteiger partial charge in [-0.1, -0.05) is 35.3 Å². The van der Waals surface area contributed by atoms with Crippen LogP contribution in [0.4, 0.5) is 10.1 Å². The fraction of sp³-hybridized carbons (Fsp3) is 0.133. The summed E-state index contributed by atoms with van der Waals surface area (Å²) in [7, 11) is 0. The van der Waals surface area contributed by atoms with Gasteiger partial charge in [-0.05, 0) is 37.3 Å². The van der Waals surface area contributed by atoms with Gasteiger partial charge in [0.15, 0.2) is 6.10 Å². The Morgan fingerprint density at radius 3 is 2.43 bits per heavy atom. The number of amides is 1. The Morgan fingerprint density at radius 2 is 1.81 bits per heavy atom. The van der Waals surface area contributed by atoms with Crippen LogP contribution in [0.1, 0.15) is 6.92 Å². The first kappa shape index (κ1) is 15.6. The van der Waals surface area contributed by atoms with Crippen molar-refractivity contribution in [2.45, 2.75) is 13.0 Å². The SMILES string of the molecule is C[C@H](Oc1cc(Cl)cc(Cl)c1)C(=O)Nc1ccccc1F. The van der Waals surface area contributed by atoms with Crippen LogP contribution in [0.3, 0.4) is 0 Å². The number of rotatable bonds is 4. The van der Waals surface area contributed by atoms with E-state index in [1.165, 1.54) is 12.1 Å². The number of halogens is 3. The van der Waals surface area contributed by atoms with Crippen molar-refractivity contribution in [2.24, 2.45) is 0 Å². The van der Waals surface area contributed by atoms with Crippen LogP contribution < -0.4 is 10.1 Å². The second kappa shape index (κ2) is 6.78. The first-order valence-corrected chi connectivity index (χ1v) is 6.89. The first-order valence-electron chi connectivity index (χ1n) is 6.14. The highest BCUT2D eigenvalue weighted by atomic mass is 35.5. The van der Waals surface area contributed by atoms with E-state index < -0.39 is 17.8 Å². The number of carbonyl (C=O) groups is 1. The summed E-state index contributed by atoms with van der Waals surface area (Å²) in [4.78, 5) is 12.0. The molecule has 0 aromatic heterocycles. The standard InChI is InChI=1S/C15H12Cl2FNO2/c1-9(21-12-7-10(16)6-11(17)8-12)15(20)19-14-5-3-2-4-13(14)18/h2-9H,1H3,(H,19,20)/t9-/m0/s1. The number of benzene rings is 2. The molecule has 0 saturated carbocycles. The minimum absolute atomic E-state index is 0.0991. The van der Waals surface area contributed by atoms with E-state index >= 15 is 0 Å². The van der Waals surface area contributed by atoms with Gasteiger partial charge in [0.05, 0.1) is 5.69 Å². The zero-order valence-corrected chi connectivity index (χ0v) is 12.6. The van der Waals surface area contributed by atoms with Gasteiger partial charge in [-0.25, -0.2) is 4.39 Å².